The average Bonchev–Trinajstić information content (AvgIpc) is 2.01. The highest BCUT2D eigenvalue weighted by molar-refractivity contribution is 5.94. The van der Waals surface area contributed by atoms with Gasteiger partial charge in [-0.05, 0) is 6.07 Å². The molecule has 0 heterocycles. The normalized spacial score (nSPS) is 10.6. The summed E-state index contributed by atoms with van der Waals surface area (Å²) in [7, 11) is 0. The second-order valence-electron chi connectivity index (χ2n) is 2.52. The Morgan fingerprint density at radius 1 is 1.29 bits per heavy atom. The Hall–Kier alpha value is -1.59. The van der Waals surface area contributed by atoms with Gasteiger partial charge in [0, 0.05) is 11.6 Å². The predicted octanol–water partition coefficient (Wildman–Crippen LogP) is 2.00. The first-order valence-electron chi connectivity index (χ1n) is 3.50. The van der Waals surface area contributed by atoms with Gasteiger partial charge in [-0.15, -0.1) is 0 Å². The fourth-order valence-corrected chi connectivity index (χ4v) is 1.03. The molecular formula is C8H5F4NO. The lowest BCUT2D eigenvalue weighted by Gasteiger charge is -2.06. The van der Waals surface area contributed by atoms with Crippen LogP contribution in [-0.4, -0.2) is 5.91 Å². The Morgan fingerprint density at radius 2 is 1.86 bits per heavy atom. The van der Waals surface area contributed by atoms with Crippen LogP contribution in [-0.2, 0) is 0 Å². The second kappa shape index (κ2) is 3.65. The van der Waals surface area contributed by atoms with Gasteiger partial charge in [0.2, 0.25) is 0 Å². The van der Waals surface area contributed by atoms with Crippen molar-refractivity contribution in [2.45, 2.75) is 6.43 Å². The number of amides is 1. The largest absolute Gasteiger partial charge is 0.365 e. The van der Waals surface area contributed by atoms with Crippen molar-refractivity contribution in [3.8, 4) is 0 Å². The first-order chi connectivity index (χ1) is 6.43. The van der Waals surface area contributed by atoms with Crippen LogP contribution < -0.4 is 5.73 Å². The highest BCUT2D eigenvalue weighted by Crippen LogP contribution is 2.25. The summed E-state index contributed by atoms with van der Waals surface area (Å²) in [6.07, 6.45) is -3.15. The van der Waals surface area contributed by atoms with E-state index in [9.17, 15) is 22.4 Å². The number of hydrogen-bond donors (Lipinski definition) is 1. The Bertz CT molecular complexity index is 378. The van der Waals surface area contributed by atoms with Gasteiger partial charge in [0.15, 0.2) is 0 Å². The van der Waals surface area contributed by atoms with Crippen molar-refractivity contribution in [1.82, 2.24) is 0 Å². The Balaban J connectivity index is 3.44. The summed E-state index contributed by atoms with van der Waals surface area (Å²) in [4.78, 5) is 10.6. The maximum Gasteiger partial charge on any atom is 0.264 e. The molecule has 0 saturated heterocycles. The summed E-state index contributed by atoms with van der Waals surface area (Å²) >= 11 is 0. The third-order valence-electron chi connectivity index (χ3n) is 1.57. The van der Waals surface area contributed by atoms with Crippen molar-refractivity contribution in [2.75, 3.05) is 0 Å². The number of carbonyl (C=O) groups is 1. The molecule has 2 N–H and O–H groups in total. The van der Waals surface area contributed by atoms with Crippen LogP contribution in [0.3, 0.4) is 0 Å². The molecule has 0 saturated carbocycles. The molecule has 6 heteroatoms. The molecule has 1 aromatic rings. The maximum absolute atomic E-state index is 12.8. The van der Waals surface area contributed by atoms with Gasteiger partial charge in [-0.1, -0.05) is 0 Å². The van der Waals surface area contributed by atoms with Crippen LogP contribution in [0.4, 0.5) is 17.6 Å². The van der Waals surface area contributed by atoms with E-state index >= 15 is 0 Å². The number of rotatable bonds is 2. The molecule has 1 amide bonds. The molecule has 0 radical (unpaired) electrons. The molecule has 1 aromatic carbocycles. The summed E-state index contributed by atoms with van der Waals surface area (Å²) in [5.74, 6) is -3.91. The third-order valence-corrected chi connectivity index (χ3v) is 1.57. The van der Waals surface area contributed by atoms with E-state index < -0.39 is 35.1 Å². The molecule has 0 unspecified atom stereocenters. The van der Waals surface area contributed by atoms with Crippen molar-refractivity contribution in [3.05, 3.63) is 34.9 Å². The lowest BCUT2D eigenvalue weighted by Crippen LogP contribution is -2.16. The SMILES string of the molecule is NC(=O)c1c(F)cc(F)cc1C(F)F. The monoisotopic (exact) mass is 207 g/mol. The molecule has 14 heavy (non-hydrogen) atoms. The Labute approximate surface area is 76.3 Å². The molecule has 0 atom stereocenters. The van der Waals surface area contributed by atoms with Crippen LogP contribution in [0.15, 0.2) is 12.1 Å². The van der Waals surface area contributed by atoms with Crippen molar-refractivity contribution in [2.24, 2.45) is 5.73 Å². The second-order valence-corrected chi connectivity index (χ2v) is 2.52. The minimum Gasteiger partial charge on any atom is -0.365 e. The van der Waals surface area contributed by atoms with E-state index in [0.29, 0.717) is 12.1 Å². The fourth-order valence-electron chi connectivity index (χ4n) is 1.03. The van der Waals surface area contributed by atoms with E-state index in [0.717, 1.165) is 0 Å². The summed E-state index contributed by atoms with van der Waals surface area (Å²) in [6, 6.07) is 0.708. The van der Waals surface area contributed by atoms with Crippen molar-refractivity contribution in [3.63, 3.8) is 0 Å². The van der Waals surface area contributed by atoms with Crippen molar-refractivity contribution in [1.29, 1.82) is 0 Å². The van der Waals surface area contributed by atoms with Gasteiger partial charge < -0.3 is 5.73 Å². The number of benzene rings is 1. The number of hydrogen-bond acceptors (Lipinski definition) is 1. The first kappa shape index (κ1) is 10.5. The van der Waals surface area contributed by atoms with E-state index in [4.69, 9.17) is 0 Å². The van der Waals surface area contributed by atoms with Crippen molar-refractivity contribution < 1.29 is 22.4 Å². The zero-order valence-corrected chi connectivity index (χ0v) is 6.73. The van der Waals surface area contributed by atoms with Gasteiger partial charge in [-0.3, -0.25) is 4.79 Å². The lowest BCUT2D eigenvalue weighted by atomic mass is 10.1. The highest BCUT2D eigenvalue weighted by atomic mass is 19.3. The summed E-state index contributed by atoms with van der Waals surface area (Å²) in [5.41, 5.74) is 2.67. The van der Waals surface area contributed by atoms with E-state index in [1.54, 1.807) is 0 Å². The van der Waals surface area contributed by atoms with Gasteiger partial charge in [-0.2, -0.15) is 0 Å². The third kappa shape index (κ3) is 1.84. The molecule has 76 valence electrons. The van der Waals surface area contributed by atoms with Crippen LogP contribution >= 0.6 is 0 Å². The van der Waals surface area contributed by atoms with Gasteiger partial charge in [0.05, 0.1) is 5.56 Å². The van der Waals surface area contributed by atoms with E-state index in [1.165, 1.54) is 0 Å². The minimum absolute atomic E-state index is 0.325. The predicted molar refractivity (Wildman–Crippen MR) is 39.8 cm³/mol. The molecule has 0 aliphatic heterocycles. The average molecular weight is 207 g/mol. The van der Waals surface area contributed by atoms with Crippen LogP contribution in [0.1, 0.15) is 22.3 Å². The Morgan fingerprint density at radius 3 is 2.29 bits per heavy atom. The number of carbonyl (C=O) groups excluding carboxylic acids is 1. The van der Waals surface area contributed by atoms with Crippen LogP contribution in [0.2, 0.25) is 0 Å². The smallest absolute Gasteiger partial charge is 0.264 e. The zero-order valence-electron chi connectivity index (χ0n) is 6.73. The minimum atomic E-state index is -3.15. The van der Waals surface area contributed by atoms with Gasteiger partial charge in [0.25, 0.3) is 12.3 Å². The molecule has 0 fully saturated rings. The van der Waals surface area contributed by atoms with E-state index in [1.807, 2.05) is 0 Å². The molecule has 0 aliphatic rings. The quantitative estimate of drug-likeness (QED) is 0.740. The van der Waals surface area contributed by atoms with Gasteiger partial charge in [0.1, 0.15) is 11.6 Å². The summed E-state index contributed by atoms with van der Waals surface area (Å²) in [6.45, 7) is 0. The van der Waals surface area contributed by atoms with Gasteiger partial charge >= 0.3 is 0 Å². The molecule has 2 nitrogen and oxygen atoms in total. The number of primary amides is 1. The molecule has 1 rings (SSSR count). The standard InChI is InChI=1S/C8H5F4NO/c9-3-1-4(7(11)12)6(8(13)14)5(10)2-3/h1-2,7H,(H2,13,14). The maximum atomic E-state index is 12.8. The summed E-state index contributed by atoms with van der Waals surface area (Å²) in [5, 5.41) is 0. The Kier molecular flexibility index (Phi) is 2.73. The molecular weight excluding hydrogens is 202 g/mol. The first-order valence-corrected chi connectivity index (χ1v) is 3.50. The molecule has 0 spiro atoms. The van der Waals surface area contributed by atoms with E-state index in [2.05, 4.69) is 5.73 Å². The van der Waals surface area contributed by atoms with Crippen LogP contribution in [0.5, 0.6) is 0 Å². The summed E-state index contributed by atoms with van der Waals surface area (Å²) < 4.78 is 49.8. The zero-order chi connectivity index (χ0) is 10.9. The highest BCUT2D eigenvalue weighted by Gasteiger charge is 2.21. The number of halogens is 4. The fraction of sp³-hybridized carbons (Fsp3) is 0.125. The molecule has 0 bridgehead atoms. The number of alkyl halides is 2. The topological polar surface area (TPSA) is 43.1 Å². The van der Waals surface area contributed by atoms with Crippen LogP contribution in [0.25, 0.3) is 0 Å². The molecule has 0 aliphatic carbocycles. The van der Waals surface area contributed by atoms with Crippen LogP contribution in [0, 0.1) is 11.6 Å². The molecule has 0 aromatic heterocycles. The lowest BCUT2D eigenvalue weighted by molar-refractivity contribution is 0.0980. The van der Waals surface area contributed by atoms with Crippen molar-refractivity contribution >= 4 is 5.91 Å². The van der Waals surface area contributed by atoms with Gasteiger partial charge in [-0.25, -0.2) is 17.6 Å². The number of nitrogens with two attached hydrogens (primary N) is 1. The van der Waals surface area contributed by atoms with E-state index in [-0.39, 0.29) is 0 Å².